The molecule has 104 valence electrons. The van der Waals surface area contributed by atoms with Gasteiger partial charge in [-0.25, -0.2) is 4.98 Å². The van der Waals surface area contributed by atoms with Crippen LogP contribution in [0.3, 0.4) is 0 Å². The molecule has 5 nitrogen and oxygen atoms in total. The van der Waals surface area contributed by atoms with Gasteiger partial charge in [0.1, 0.15) is 0 Å². The zero-order valence-electron chi connectivity index (χ0n) is 11.2. The molecule has 0 aliphatic rings. The fraction of sp³-hybridized carbons (Fsp3) is 0.667. The van der Waals surface area contributed by atoms with Gasteiger partial charge in [0.2, 0.25) is 0 Å². The molecule has 0 radical (unpaired) electrons. The van der Waals surface area contributed by atoms with E-state index in [2.05, 4.69) is 27.5 Å². The summed E-state index contributed by atoms with van der Waals surface area (Å²) in [6.45, 7) is 4.94. The Morgan fingerprint density at radius 3 is 2.67 bits per heavy atom. The van der Waals surface area contributed by atoms with E-state index < -0.39 is 0 Å². The highest BCUT2D eigenvalue weighted by molar-refractivity contribution is 14.0. The summed E-state index contributed by atoms with van der Waals surface area (Å²) in [4.78, 5) is 8.17. The van der Waals surface area contributed by atoms with Crippen molar-refractivity contribution in [2.75, 3.05) is 20.1 Å². The molecule has 1 aromatic rings. The SMILES string of the molecule is CCCCCNC(=NC)NCCn1ccnc1.I. The molecule has 18 heavy (non-hydrogen) atoms. The monoisotopic (exact) mass is 365 g/mol. The Morgan fingerprint density at radius 2 is 2.06 bits per heavy atom. The first-order chi connectivity index (χ1) is 8.36. The van der Waals surface area contributed by atoms with Crippen molar-refractivity contribution in [3.63, 3.8) is 0 Å². The summed E-state index contributed by atoms with van der Waals surface area (Å²) in [5.74, 6) is 0.876. The second-order valence-corrected chi connectivity index (χ2v) is 3.93. The van der Waals surface area contributed by atoms with Crippen molar-refractivity contribution in [2.45, 2.75) is 32.7 Å². The number of hydrogen-bond donors (Lipinski definition) is 2. The number of unbranched alkanes of at least 4 members (excludes halogenated alkanes) is 2. The predicted molar refractivity (Wildman–Crippen MR) is 86.5 cm³/mol. The van der Waals surface area contributed by atoms with Gasteiger partial charge in [-0.3, -0.25) is 4.99 Å². The van der Waals surface area contributed by atoms with Gasteiger partial charge in [-0.05, 0) is 6.42 Å². The first kappa shape index (κ1) is 17.2. The van der Waals surface area contributed by atoms with Gasteiger partial charge in [-0.15, -0.1) is 24.0 Å². The quantitative estimate of drug-likeness (QED) is 0.336. The molecule has 1 rings (SSSR count). The van der Waals surface area contributed by atoms with Gasteiger partial charge in [0.25, 0.3) is 0 Å². The zero-order valence-corrected chi connectivity index (χ0v) is 13.6. The summed E-state index contributed by atoms with van der Waals surface area (Å²) in [6.07, 6.45) is 9.27. The van der Waals surface area contributed by atoms with E-state index in [-0.39, 0.29) is 24.0 Å². The van der Waals surface area contributed by atoms with Crippen LogP contribution in [0.2, 0.25) is 0 Å². The van der Waals surface area contributed by atoms with E-state index in [1.165, 1.54) is 19.3 Å². The Morgan fingerprint density at radius 1 is 1.28 bits per heavy atom. The lowest BCUT2D eigenvalue weighted by molar-refractivity contribution is 0.648. The standard InChI is InChI=1S/C12H23N5.HI/c1-3-4-5-6-15-12(13-2)16-8-10-17-9-7-14-11-17;/h7,9,11H,3-6,8,10H2,1-2H3,(H2,13,15,16);1H. The van der Waals surface area contributed by atoms with Gasteiger partial charge in [0.15, 0.2) is 5.96 Å². The molecule has 0 amide bonds. The van der Waals surface area contributed by atoms with Crippen LogP contribution in [0.25, 0.3) is 0 Å². The average Bonchev–Trinajstić information content (AvgIpc) is 2.85. The van der Waals surface area contributed by atoms with Gasteiger partial charge < -0.3 is 15.2 Å². The van der Waals surface area contributed by atoms with Gasteiger partial charge in [0, 0.05) is 39.1 Å². The number of hydrogen-bond acceptors (Lipinski definition) is 2. The summed E-state index contributed by atoms with van der Waals surface area (Å²) < 4.78 is 2.04. The summed E-state index contributed by atoms with van der Waals surface area (Å²) in [5.41, 5.74) is 0. The highest BCUT2D eigenvalue weighted by Crippen LogP contribution is 1.90. The van der Waals surface area contributed by atoms with Crippen molar-refractivity contribution in [3.8, 4) is 0 Å². The van der Waals surface area contributed by atoms with E-state index in [4.69, 9.17) is 0 Å². The molecule has 0 bridgehead atoms. The van der Waals surface area contributed by atoms with Crippen molar-refractivity contribution in [2.24, 2.45) is 4.99 Å². The number of nitrogens with one attached hydrogen (secondary N) is 2. The first-order valence-electron chi connectivity index (χ1n) is 6.27. The number of guanidine groups is 1. The molecule has 0 saturated heterocycles. The van der Waals surface area contributed by atoms with E-state index in [0.29, 0.717) is 0 Å². The smallest absolute Gasteiger partial charge is 0.191 e. The predicted octanol–water partition coefficient (Wildman–Crippen LogP) is 1.86. The maximum absolute atomic E-state index is 4.17. The third kappa shape index (κ3) is 7.52. The molecule has 0 aliphatic heterocycles. The Labute approximate surface area is 126 Å². The van der Waals surface area contributed by atoms with Gasteiger partial charge in [-0.2, -0.15) is 0 Å². The second kappa shape index (κ2) is 11.3. The van der Waals surface area contributed by atoms with Gasteiger partial charge in [-0.1, -0.05) is 19.8 Å². The topological polar surface area (TPSA) is 54.2 Å². The number of aromatic nitrogens is 2. The van der Waals surface area contributed by atoms with Gasteiger partial charge >= 0.3 is 0 Å². The number of halogens is 1. The Bertz CT molecular complexity index is 310. The lowest BCUT2D eigenvalue weighted by Gasteiger charge is -2.11. The van der Waals surface area contributed by atoms with Crippen LogP contribution in [-0.2, 0) is 6.54 Å². The van der Waals surface area contributed by atoms with Crippen LogP contribution in [0.4, 0.5) is 0 Å². The highest BCUT2D eigenvalue weighted by Gasteiger charge is 1.96. The van der Waals surface area contributed by atoms with Gasteiger partial charge in [0.05, 0.1) is 6.33 Å². The third-order valence-corrected chi connectivity index (χ3v) is 2.52. The van der Waals surface area contributed by atoms with Crippen molar-refractivity contribution < 1.29 is 0 Å². The lowest BCUT2D eigenvalue weighted by atomic mass is 10.2. The third-order valence-electron chi connectivity index (χ3n) is 2.52. The molecular weight excluding hydrogens is 341 g/mol. The Kier molecular flexibility index (Phi) is 10.8. The minimum Gasteiger partial charge on any atom is -0.356 e. The normalized spacial score (nSPS) is 10.9. The van der Waals surface area contributed by atoms with Crippen LogP contribution in [-0.4, -0.2) is 35.6 Å². The molecule has 0 aromatic carbocycles. The number of rotatable bonds is 7. The van der Waals surface area contributed by atoms with Crippen LogP contribution in [0.1, 0.15) is 26.2 Å². The van der Waals surface area contributed by atoms with Crippen LogP contribution in [0.5, 0.6) is 0 Å². The highest BCUT2D eigenvalue weighted by atomic mass is 127. The van der Waals surface area contributed by atoms with Crippen LogP contribution < -0.4 is 10.6 Å². The van der Waals surface area contributed by atoms with Crippen LogP contribution in [0, 0.1) is 0 Å². The zero-order chi connectivity index (χ0) is 12.3. The molecule has 1 heterocycles. The average molecular weight is 365 g/mol. The lowest BCUT2D eigenvalue weighted by Crippen LogP contribution is -2.39. The van der Waals surface area contributed by atoms with Crippen molar-refractivity contribution in [1.82, 2.24) is 20.2 Å². The fourth-order valence-electron chi connectivity index (χ4n) is 1.52. The van der Waals surface area contributed by atoms with Crippen LogP contribution >= 0.6 is 24.0 Å². The summed E-state index contributed by atoms with van der Waals surface area (Å²) in [5, 5.41) is 6.57. The minimum absolute atomic E-state index is 0. The molecule has 1 aromatic heterocycles. The van der Waals surface area contributed by atoms with Crippen molar-refractivity contribution in [3.05, 3.63) is 18.7 Å². The molecule has 0 fully saturated rings. The van der Waals surface area contributed by atoms with E-state index >= 15 is 0 Å². The molecular formula is C12H24IN5. The number of imidazole rings is 1. The number of nitrogens with zero attached hydrogens (tertiary/aromatic N) is 3. The molecule has 0 aliphatic carbocycles. The summed E-state index contributed by atoms with van der Waals surface area (Å²) >= 11 is 0. The summed E-state index contributed by atoms with van der Waals surface area (Å²) in [6, 6.07) is 0. The van der Waals surface area contributed by atoms with E-state index in [9.17, 15) is 0 Å². The molecule has 0 unspecified atom stereocenters. The largest absolute Gasteiger partial charge is 0.356 e. The molecule has 0 spiro atoms. The minimum atomic E-state index is 0. The molecule has 0 saturated carbocycles. The molecule has 2 N–H and O–H groups in total. The maximum atomic E-state index is 4.17. The second-order valence-electron chi connectivity index (χ2n) is 3.93. The first-order valence-corrected chi connectivity index (χ1v) is 6.27. The Balaban J connectivity index is 0.00000289. The summed E-state index contributed by atoms with van der Waals surface area (Å²) in [7, 11) is 1.80. The van der Waals surface area contributed by atoms with Crippen molar-refractivity contribution in [1.29, 1.82) is 0 Å². The maximum Gasteiger partial charge on any atom is 0.191 e. The van der Waals surface area contributed by atoms with E-state index in [1.54, 1.807) is 13.2 Å². The number of aliphatic imine (C=N–C) groups is 1. The van der Waals surface area contributed by atoms with Crippen LogP contribution in [0.15, 0.2) is 23.7 Å². The Hall–Kier alpha value is -0.790. The van der Waals surface area contributed by atoms with Crippen molar-refractivity contribution >= 4 is 29.9 Å². The van der Waals surface area contributed by atoms with E-state index in [1.807, 2.05) is 17.1 Å². The van der Waals surface area contributed by atoms with E-state index in [0.717, 1.165) is 25.6 Å². The molecule has 0 atom stereocenters. The molecule has 6 heteroatoms. The fourth-order valence-corrected chi connectivity index (χ4v) is 1.52.